The molecule has 0 atom stereocenters. The molecular formula is C14H12N4. The Morgan fingerprint density at radius 3 is 2.56 bits per heavy atom. The highest BCUT2D eigenvalue weighted by Gasteiger charge is 2.08. The lowest BCUT2D eigenvalue weighted by Gasteiger charge is -2.07. The van der Waals surface area contributed by atoms with Gasteiger partial charge in [0.2, 0.25) is 0 Å². The number of aromatic nitrogens is 3. The van der Waals surface area contributed by atoms with Crippen molar-refractivity contribution < 1.29 is 0 Å². The zero-order chi connectivity index (χ0) is 12.4. The van der Waals surface area contributed by atoms with Gasteiger partial charge in [-0.1, -0.05) is 18.2 Å². The molecular weight excluding hydrogens is 224 g/mol. The second-order valence-electron chi connectivity index (χ2n) is 3.94. The molecule has 0 saturated heterocycles. The third kappa shape index (κ3) is 1.84. The summed E-state index contributed by atoms with van der Waals surface area (Å²) in [7, 11) is 0. The maximum Gasteiger partial charge on any atom is 0.0925 e. The number of nitrogen functional groups attached to an aromatic ring is 1. The number of rotatable bonds is 2. The molecule has 18 heavy (non-hydrogen) atoms. The SMILES string of the molecule is Nc1ccnc(-c2ccnn2-c2ccccc2)c1. The van der Waals surface area contributed by atoms with E-state index in [0.29, 0.717) is 5.69 Å². The van der Waals surface area contributed by atoms with Crippen LogP contribution in [0.4, 0.5) is 5.69 Å². The fourth-order valence-electron chi connectivity index (χ4n) is 1.86. The van der Waals surface area contributed by atoms with Crippen LogP contribution in [-0.4, -0.2) is 14.8 Å². The molecule has 0 aliphatic carbocycles. The predicted octanol–water partition coefficient (Wildman–Crippen LogP) is 2.52. The Hall–Kier alpha value is -2.62. The number of hydrogen-bond acceptors (Lipinski definition) is 3. The van der Waals surface area contributed by atoms with Gasteiger partial charge in [0.15, 0.2) is 0 Å². The average Bonchev–Trinajstić information content (AvgIpc) is 2.89. The second-order valence-corrected chi connectivity index (χ2v) is 3.94. The van der Waals surface area contributed by atoms with Crippen molar-refractivity contribution in [3.63, 3.8) is 0 Å². The van der Waals surface area contributed by atoms with E-state index >= 15 is 0 Å². The molecule has 0 unspecified atom stereocenters. The first-order chi connectivity index (χ1) is 8.84. The van der Waals surface area contributed by atoms with Crippen LogP contribution in [0.5, 0.6) is 0 Å². The van der Waals surface area contributed by atoms with Crippen molar-refractivity contribution in [2.75, 3.05) is 5.73 Å². The standard InChI is InChI=1S/C14H12N4/c15-11-6-8-16-13(10-11)14-7-9-17-18(14)12-4-2-1-3-5-12/h1-10H,(H2,15,16). The van der Waals surface area contributed by atoms with Crippen molar-refractivity contribution in [1.29, 1.82) is 0 Å². The third-order valence-corrected chi connectivity index (χ3v) is 2.69. The van der Waals surface area contributed by atoms with Gasteiger partial charge in [-0.3, -0.25) is 4.98 Å². The van der Waals surface area contributed by atoms with Crippen molar-refractivity contribution in [3.8, 4) is 17.1 Å². The van der Waals surface area contributed by atoms with Crippen LogP contribution >= 0.6 is 0 Å². The van der Waals surface area contributed by atoms with Crippen LogP contribution in [0.25, 0.3) is 17.1 Å². The molecule has 0 saturated carbocycles. The van der Waals surface area contributed by atoms with Gasteiger partial charge in [0.1, 0.15) is 0 Å². The Morgan fingerprint density at radius 1 is 0.944 bits per heavy atom. The molecule has 4 nitrogen and oxygen atoms in total. The summed E-state index contributed by atoms with van der Waals surface area (Å²) >= 11 is 0. The predicted molar refractivity (Wildman–Crippen MR) is 71.2 cm³/mol. The van der Waals surface area contributed by atoms with Crippen LogP contribution in [0, 0.1) is 0 Å². The minimum Gasteiger partial charge on any atom is -0.399 e. The highest BCUT2D eigenvalue weighted by atomic mass is 15.3. The van der Waals surface area contributed by atoms with Crippen molar-refractivity contribution in [1.82, 2.24) is 14.8 Å². The molecule has 2 aromatic heterocycles. The molecule has 0 bridgehead atoms. The summed E-state index contributed by atoms with van der Waals surface area (Å²) in [5.74, 6) is 0. The Bertz CT molecular complexity index is 658. The van der Waals surface area contributed by atoms with E-state index in [0.717, 1.165) is 17.1 Å². The van der Waals surface area contributed by atoms with Gasteiger partial charge in [0, 0.05) is 11.9 Å². The van der Waals surface area contributed by atoms with Crippen LogP contribution in [0.1, 0.15) is 0 Å². The normalized spacial score (nSPS) is 10.4. The fraction of sp³-hybridized carbons (Fsp3) is 0. The highest BCUT2D eigenvalue weighted by Crippen LogP contribution is 2.21. The first-order valence-electron chi connectivity index (χ1n) is 5.66. The zero-order valence-corrected chi connectivity index (χ0v) is 9.69. The Kier molecular flexibility index (Phi) is 2.53. The monoisotopic (exact) mass is 236 g/mol. The lowest BCUT2D eigenvalue weighted by Crippen LogP contribution is -1.99. The first kappa shape index (κ1) is 10.5. The van der Waals surface area contributed by atoms with Gasteiger partial charge in [0.25, 0.3) is 0 Å². The van der Waals surface area contributed by atoms with Gasteiger partial charge in [-0.15, -0.1) is 0 Å². The van der Waals surface area contributed by atoms with Gasteiger partial charge >= 0.3 is 0 Å². The van der Waals surface area contributed by atoms with E-state index in [1.54, 1.807) is 18.5 Å². The minimum atomic E-state index is 0.695. The molecule has 2 N–H and O–H groups in total. The number of benzene rings is 1. The molecule has 0 radical (unpaired) electrons. The lowest BCUT2D eigenvalue weighted by atomic mass is 10.2. The number of anilines is 1. The third-order valence-electron chi connectivity index (χ3n) is 2.69. The maximum atomic E-state index is 5.78. The van der Waals surface area contributed by atoms with Crippen molar-refractivity contribution in [2.45, 2.75) is 0 Å². The molecule has 0 amide bonds. The molecule has 1 aromatic carbocycles. The van der Waals surface area contributed by atoms with Crippen LogP contribution < -0.4 is 5.73 Å². The summed E-state index contributed by atoms with van der Waals surface area (Å²) < 4.78 is 1.85. The minimum absolute atomic E-state index is 0.695. The zero-order valence-electron chi connectivity index (χ0n) is 9.69. The highest BCUT2D eigenvalue weighted by molar-refractivity contribution is 5.61. The molecule has 0 aliphatic heterocycles. The molecule has 0 fully saturated rings. The summed E-state index contributed by atoms with van der Waals surface area (Å²) in [5.41, 5.74) is 9.22. The van der Waals surface area contributed by atoms with E-state index in [4.69, 9.17) is 5.73 Å². The van der Waals surface area contributed by atoms with E-state index in [9.17, 15) is 0 Å². The number of hydrogen-bond donors (Lipinski definition) is 1. The van der Waals surface area contributed by atoms with Gasteiger partial charge in [-0.2, -0.15) is 5.10 Å². The van der Waals surface area contributed by atoms with Gasteiger partial charge < -0.3 is 5.73 Å². The Labute approximate surface area is 105 Å². The van der Waals surface area contributed by atoms with E-state index in [-0.39, 0.29) is 0 Å². The molecule has 88 valence electrons. The maximum absolute atomic E-state index is 5.78. The van der Waals surface area contributed by atoms with Crippen molar-refractivity contribution in [3.05, 3.63) is 60.9 Å². The summed E-state index contributed by atoms with van der Waals surface area (Å²) in [4.78, 5) is 4.33. The van der Waals surface area contributed by atoms with E-state index in [1.807, 2.05) is 47.1 Å². The van der Waals surface area contributed by atoms with Crippen LogP contribution in [0.2, 0.25) is 0 Å². The van der Waals surface area contributed by atoms with Crippen LogP contribution in [-0.2, 0) is 0 Å². The molecule has 4 heteroatoms. The molecule has 3 aromatic rings. The van der Waals surface area contributed by atoms with Crippen LogP contribution in [0.15, 0.2) is 60.9 Å². The van der Waals surface area contributed by atoms with Gasteiger partial charge in [0.05, 0.1) is 23.3 Å². The van der Waals surface area contributed by atoms with E-state index in [1.165, 1.54) is 0 Å². The molecule has 2 heterocycles. The summed E-state index contributed by atoms with van der Waals surface area (Å²) in [6.45, 7) is 0. The van der Waals surface area contributed by atoms with Crippen molar-refractivity contribution in [2.24, 2.45) is 0 Å². The number of nitrogens with two attached hydrogens (primary N) is 1. The number of para-hydroxylation sites is 1. The first-order valence-corrected chi connectivity index (χ1v) is 5.66. The van der Waals surface area contributed by atoms with E-state index in [2.05, 4.69) is 10.1 Å². The Balaban J connectivity index is 2.13. The average molecular weight is 236 g/mol. The summed E-state index contributed by atoms with van der Waals surface area (Å²) in [6, 6.07) is 15.5. The number of pyridine rings is 1. The van der Waals surface area contributed by atoms with Gasteiger partial charge in [-0.25, -0.2) is 4.68 Å². The molecule has 3 rings (SSSR count). The number of nitrogens with zero attached hydrogens (tertiary/aromatic N) is 3. The fourth-order valence-corrected chi connectivity index (χ4v) is 1.86. The van der Waals surface area contributed by atoms with E-state index < -0.39 is 0 Å². The molecule has 0 spiro atoms. The largest absolute Gasteiger partial charge is 0.399 e. The second kappa shape index (κ2) is 4.33. The van der Waals surface area contributed by atoms with Crippen molar-refractivity contribution >= 4 is 5.69 Å². The van der Waals surface area contributed by atoms with Crippen LogP contribution in [0.3, 0.4) is 0 Å². The smallest absolute Gasteiger partial charge is 0.0925 e. The van der Waals surface area contributed by atoms with Gasteiger partial charge in [-0.05, 0) is 30.3 Å². The summed E-state index contributed by atoms with van der Waals surface area (Å²) in [6.07, 6.45) is 3.46. The topological polar surface area (TPSA) is 56.7 Å². The molecule has 0 aliphatic rings. The Morgan fingerprint density at radius 2 is 1.78 bits per heavy atom. The quantitative estimate of drug-likeness (QED) is 0.743. The summed E-state index contributed by atoms with van der Waals surface area (Å²) in [5, 5.41) is 4.33. The lowest BCUT2D eigenvalue weighted by molar-refractivity contribution is 0.884.